The Morgan fingerprint density at radius 1 is 1.18 bits per heavy atom. The summed E-state index contributed by atoms with van der Waals surface area (Å²) in [5, 5.41) is 11.3. The molecule has 3 rings (SSSR count). The number of carbonyl (C=O) groups is 4. The fourth-order valence-electron chi connectivity index (χ4n) is 3.51. The highest BCUT2D eigenvalue weighted by molar-refractivity contribution is 6.19. The van der Waals surface area contributed by atoms with Crippen molar-refractivity contribution >= 4 is 29.4 Å². The van der Waals surface area contributed by atoms with Gasteiger partial charge in [-0.3, -0.25) is 19.3 Å². The molecule has 2 aromatic carbocycles. The maximum Gasteiger partial charge on any atom is 0.323 e. The minimum absolute atomic E-state index is 0.173. The van der Waals surface area contributed by atoms with E-state index >= 15 is 0 Å². The van der Waals surface area contributed by atoms with Crippen molar-refractivity contribution in [2.75, 3.05) is 18.5 Å². The summed E-state index contributed by atoms with van der Waals surface area (Å²) >= 11 is 0. The number of amides is 3. The first-order chi connectivity index (χ1) is 15.7. The molecule has 1 atom stereocenters. The maximum atomic E-state index is 13.7. The van der Waals surface area contributed by atoms with Gasteiger partial charge in [0.1, 0.15) is 5.82 Å². The van der Waals surface area contributed by atoms with Crippen LogP contribution in [0.3, 0.4) is 0 Å². The first kappa shape index (κ1) is 23.6. The highest BCUT2D eigenvalue weighted by atomic mass is 19.1. The van der Waals surface area contributed by atoms with Crippen molar-refractivity contribution in [1.29, 1.82) is 0 Å². The number of halogens is 1. The minimum Gasteiger partial charge on any atom is -0.481 e. The lowest BCUT2D eigenvalue weighted by molar-refractivity contribution is -0.137. The van der Waals surface area contributed by atoms with E-state index in [9.17, 15) is 23.6 Å². The number of aryl methyl sites for hydroxylation is 1. The Morgan fingerprint density at radius 3 is 2.67 bits per heavy atom. The summed E-state index contributed by atoms with van der Waals surface area (Å²) in [6.45, 7) is 1.69. The smallest absolute Gasteiger partial charge is 0.323 e. The predicted molar refractivity (Wildman–Crippen MR) is 119 cm³/mol. The fraction of sp³-hybridized carbons (Fsp3) is 0.250. The average Bonchev–Trinajstić information content (AvgIpc) is 2.76. The van der Waals surface area contributed by atoms with Crippen LogP contribution in [0.2, 0.25) is 0 Å². The average molecular weight is 453 g/mol. The third-order valence-electron chi connectivity index (χ3n) is 5.30. The number of aliphatic carboxylic acids is 1. The lowest BCUT2D eigenvalue weighted by atomic mass is 9.99. The number of rotatable bonds is 7. The third-order valence-corrected chi connectivity index (χ3v) is 5.30. The van der Waals surface area contributed by atoms with E-state index in [-0.39, 0.29) is 24.5 Å². The van der Waals surface area contributed by atoms with E-state index in [0.717, 1.165) is 21.6 Å². The molecule has 3 amide bonds. The number of carboxylic acids is 1. The fourth-order valence-corrected chi connectivity index (χ4v) is 3.51. The monoisotopic (exact) mass is 453 g/mol. The number of nitrogens with one attached hydrogen (secondary N) is 1. The Bertz CT molecular complexity index is 1130. The number of nitrogens with zero attached hydrogens (tertiary/aromatic N) is 2. The number of urea groups is 1. The first-order valence-electron chi connectivity index (χ1n) is 10.3. The van der Waals surface area contributed by atoms with E-state index < -0.39 is 29.7 Å². The van der Waals surface area contributed by atoms with Crippen molar-refractivity contribution in [2.24, 2.45) is 0 Å². The highest BCUT2D eigenvalue weighted by Gasteiger charge is 2.39. The Hall–Kier alpha value is -4.01. The van der Waals surface area contributed by atoms with Gasteiger partial charge in [-0.1, -0.05) is 18.2 Å². The Labute approximate surface area is 190 Å². The topological polar surface area (TPSA) is 107 Å². The molecule has 1 aliphatic heterocycles. The van der Waals surface area contributed by atoms with Crippen LogP contribution in [-0.2, 0) is 20.8 Å². The Kier molecular flexibility index (Phi) is 7.22. The van der Waals surface area contributed by atoms with Crippen LogP contribution in [0, 0.1) is 12.7 Å². The molecule has 2 N–H and O–H groups in total. The second-order valence-electron chi connectivity index (χ2n) is 7.73. The summed E-state index contributed by atoms with van der Waals surface area (Å²) in [6, 6.07) is 8.99. The quantitative estimate of drug-likeness (QED) is 0.627. The molecule has 1 aliphatic rings. The van der Waals surface area contributed by atoms with E-state index in [1.54, 1.807) is 30.3 Å². The molecule has 0 spiro atoms. The lowest BCUT2D eigenvalue weighted by Gasteiger charge is -2.33. The minimum atomic E-state index is -1.43. The molecular weight excluding hydrogens is 429 g/mol. The molecule has 0 radical (unpaired) electrons. The van der Waals surface area contributed by atoms with Crippen molar-refractivity contribution in [1.82, 2.24) is 10.2 Å². The summed E-state index contributed by atoms with van der Waals surface area (Å²) in [5.74, 6) is -2.62. The van der Waals surface area contributed by atoms with Gasteiger partial charge in [-0.2, -0.15) is 0 Å². The number of ketones is 1. The van der Waals surface area contributed by atoms with Crippen LogP contribution < -0.4 is 10.2 Å². The van der Waals surface area contributed by atoms with Crippen LogP contribution in [0.5, 0.6) is 0 Å². The van der Waals surface area contributed by atoms with Gasteiger partial charge in [0.15, 0.2) is 11.8 Å². The van der Waals surface area contributed by atoms with Gasteiger partial charge >= 0.3 is 12.0 Å². The lowest BCUT2D eigenvalue weighted by Crippen LogP contribution is -2.57. The molecule has 33 heavy (non-hydrogen) atoms. The standard InChI is InChI=1S/C24H24FN3O5/c1-15-6-7-18(25)14-17(15)12-16-4-3-5-19(13-16)28(24(33)26-10-8-21(30)31)22-20(29)9-11-27(2)23(22)32/h3-7,9,11,13-14,22H,8,10,12H2,1-2H3,(H,26,33)(H,30,31). The van der Waals surface area contributed by atoms with Crippen LogP contribution in [0.25, 0.3) is 0 Å². The van der Waals surface area contributed by atoms with Crippen LogP contribution in [0.4, 0.5) is 14.9 Å². The van der Waals surface area contributed by atoms with Crippen molar-refractivity contribution in [2.45, 2.75) is 25.8 Å². The van der Waals surface area contributed by atoms with Crippen LogP contribution in [0.15, 0.2) is 54.7 Å². The number of hydrogen-bond acceptors (Lipinski definition) is 4. The summed E-state index contributed by atoms with van der Waals surface area (Å²) in [6.07, 6.45) is 2.59. The number of carbonyl (C=O) groups excluding carboxylic acids is 3. The zero-order chi connectivity index (χ0) is 24.1. The number of carboxylic acid groups (broad SMARTS) is 1. The molecule has 0 fully saturated rings. The van der Waals surface area contributed by atoms with Crippen molar-refractivity contribution in [3.8, 4) is 0 Å². The van der Waals surface area contributed by atoms with Gasteiger partial charge in [0.2, 0.25) is 0 Å². The molecule has 1 heterocycles. The maximum absolute atomic E-state index is 13.7. The van der Waals surface area contributed by atoms with E-state index in [1.807, 2.05) is 6.92 Å². The molecule has 2 aromatic rings. The second kappa shape index (κ2) is 10.1. The van der Waals surface area contributed by atoms with E-state index in [2.05, 4.69) is 5.32 Å². The van der Waals surface area contributed by atoms with Crippen molar-refractivity contribution < 1.29 is 28.7 Å². The van der Waals surface area contributed by atoms with Gasteiger partial charge in [0, 0.05) is 31.6 Å². The largest absolute Gasteiger partial charge is 0.481 e. The Morgan fingerprint density at radius 2 is 1.94 bits per heavy atom. The molecule has 8 nitrogen and oxygen atoms in total. The first-order valence-corrected chi connectivity index (χ1v) is 10.3. The molecule has 0 saturated heterocycles. The second-order valence-corrected chi connectivity index (χ2v) is 7.73. The van der Waals surface area contributed by atoms with Crippen LogP contribution in [0.1, 0.15) is 23.1 Å². The number of hydrogen-bond donors (Lipinski definition) is 2. The summed E-state index contributed by atoms with van der Waals surface area (Å²) in [7, 11) is 1.47. The molecular formula is C24H24FN3O5. The molecule has 0 saturated carbocycles. The number of likely N-dealkylation sites (N-methyl/N-ethyl adjacent to an activating group) is 1. The molecule has 0 bridgehead atoms. The van der Waals surface area contributed by atoms with Gasteiger partial charge in [-0.05, 0) is 54.3 Å². The van der Waals surface area contributed by atoms with Gasteiger partial charge in [-0.15, -0.1) is 0 Å². The van der Waals surface area contributed by atoms with Gasteiger partial charge in [0.25, 0.3) is 5.91 Å². The zero-order valence-corrected chi connectivity index (χ0v) is 18.2. The summed E-state index contributed by atoms with van der Waals surface area (Å²) < 4.78 is 13.7. The van der Waals surface area contributed by atoms with Crippen molar-refractivity contribution in [3.05, 3.63) is 77.2 Å². The van der Waals surface area contributed by atoms with Crippen LogP contribution >= 0.6 is 0 Å². The molecule has 172 valence electrons. The third kappa shape index (κ3) is 5.62. The highest BCUT2D eigenvalue weighted by Crippen LogP contribution is 2.25. The summed E-state index contributed by atoms with van der Waals surface area (Å²) in [5.41, 5.74) is 2.68. The van der Waals surface area contributed by atoms with E-state index in [0.29, 0.717) is 6.42 Å². The van der Waals surface area contributed by atoms with Crippen LogP contribution in [-0.4, -0.2) is 53.3 Å². The number of anilines is 1. The number of benzene rings is 2. The Balaban J connectivity index is 1.97. The van der Waals surface area contributed by atoms with E-state index in [1.165, 1.54) is 36.4 Å². The van der Waals surface area contributed by atoms with E-state index in [4.69, 9.17) is 5.11 Å². The van der Waals surface area contributed by atoms with Crippen molar-refractivity contribution in [3.63, 3.8) is 0 Å². The molecule has 1 unspecified atom stereocenters. The molecule has 9 heteroatoms. The van der Waals surface area contributed by atoms with Gasteiger partial charge < -0.3 is 15.3 Å². The van der Waals surface area contributed by atoms with Gasteiger partial charge in [0.05, 0.1) is 6.42 Å². The zero-order valence-electron chi connectivity index (χ0n) is 18.2. The predicted octanol–water partition coefficient (Wildman–Crippen LogP) is 2.64. The molecule has 0 aliphatic carbocycles. The normalized spacial score (nSPS) is 15.5. The van der Waals surface area contributed by atoms with Gasteiger partial charge in [-0.25, -0.2) is 9.18 Å². The molecule has 0 aromatic heterocycles. The summed E-state index contributed by atoms with van der Waals surface area (Å²) in [4.78, 5) is 51.5. The SMILES string of the molecule is Cc1ccc(F)cc1Cc1cccc(N(C(=O)NCCC(=O)O)C2C(=O)C=CN(C)C2=O)c1.